The highest BCUT2D eigenvalue weighted by molar-refractivity contribution is 9.10. The van der Waals surface area contributed by atoms with Gasteiger partial charge in [-0.1, -0.05) is 40.2 Å². The average Bonchev–Trinajstić information content (AvgIpc) is 2.78. The van der Waals surface area contributed by atoms with Crippen molar-refractivity contribution in [2.24, 2.45) is 0 Å². The molecule has 0 aliphatic carbocycles. The number of carbonyl (C=O) groups excluding carboxylic acids is 2. The van der Waals surface area contributed by atoms with E-state index in [1.165, 1.54) is 20.3 Å². The Labute approximate surface area is 183 Å². The highest BCUT2D eigenvalue weighted by Gasteiger charge is 2.21. The van der Waals surface area contributed by atoms with Crippen molar-refractivity contribution in [1.82, 2.24) is 0 Å². The van der Waals surface area contributed by atoms with Crippen LogP contribution in [0.4, 0.5) is 0 Å². The van der Waals surface area contributed by atoms with Gasteiger partial charge in [0.1, 0.15) is 22.8 Å². The summed E-state index contributed by atoms with van der Waals surface area (Å²) < 4.78 is 17.0. The van der Waals surface area contributed by atoms with Crippen molar-refractivity contribution in [3.8, 4) is 17.2 Å². The molecule has 0 saturated carbocycles. The predicted octanol–water partition coefficient (Wildman–Crippen LogP) is 5.58. The van der Waals surface area contributed by atoms with Crippen LogP contribution in [-0.4, -0.2) is 26.0 Å². The molecule has 0 fully saturated rings. The fraction of sp³-hybridized carbons (Fsp3) is 0.0833. The van der Waals surface area contributed by atoms with Crippen molar-refractivity contribution < 1.29 is 23.8 Å². The minimum Gasteiger partial charge on any atom is -0.496 e. The van der Waals surface area contributed by atoms with Crippen LogP contribution in [0.5, 0.6) is 17.2 Å². The van der Waals surface area contributed by atoms with Crippen molar-refractivity contribution in [3.63, 3.8) is 0 Å². The molecular formula is C24H19BrO5. The van der Waals surface area contributed by atoms with Crippen LogP contribution in [0.3, 0.4) is 0 Å². The van der Waals surface area contributed by atoms with Crippen LogP contribution in [0, 0.1) is 0 Å². The molecule has 30 heavy (non-hydrogen) atoms. The first-order valence-corrected chi connectivity index (χ1v) is 9.83. The van der Waals surface area contributed by atoms with Crippen LogP contribution in [0.15, 0.2) is 77.3 Å². The lowest BCUT2D eigenvalue weighted by Crippen LogP contribution is -2.12. The fourth-order valence-corrected chi connectivity index (χ4v) is 3.05. The van der Waals surface area contributed by atoms with E-state index in [1.54, 1.807) is 72.8 Å². The molecular weight excluding hydrogens is 448 g/mol. The molecule has 3 aromatic carbocycles. The highest BCUT2D eigenvalue weighted by Crippen LogP contribution is 2.30. The number of esters is 1. The molecule has 152 valence electrons. The SMILES string of the molecule is COc1cccc(OC)c1C(=O)Oc1ccccc1C=CC(=O)c1ccc(Br)cc1. The predicted molar refractivity (Wildman–Crippen MR) is 118 cm³/mol. The van der Waals surface area contributed by atoms with Gasteiger partial charge in [0.05, 0.1) is 14.2 Å². The van der Waals surface area contributed by atoms with Gasteiger partial charge in [0.15, 0.2) is 5.78 Å². The standard InChI is InChI=1S/C24H19BrO5/c1-28-21-8-5-9-22(29-2)23(21)24(27)30-20-7-4-3-6-17(20)12-15-19(26)16-10-13-18(25)14-11-16/h3-15H,1-2H3. The lowest BCUT2D eigenvalue weighted by atomic mass is 10.1. The molecule has 6 heteroatoms. The Kier molecular flexibility index (Phi) is 7.03. The van der Waals surface area contributed by atoms with Crippen molar-refractivity contribution in [2.75, 3.05) is 14.2 Å². The largest absolute Gasteiger partial charge is 0.496 e. The number of halogens is 1. The van der Waals surface area contributed by atoms with Crippen LogP contribution in [-0.2, 0) is 0 Å². The van der Waals surface area contributed by atoms with Crippen LogP contribution in [0.2, 0.25) is 0 Å². The summed E-state index contributed by atoms with van der Waals surface area (Å²) in [5.41, 5.74) is 1.33. The van der Waals surface area contributed by atoms with Crippen molar-refractivity contribution in [1.29, 1.82) is 0 Å². The van der Waals surface area contributed by atoms with E-state index < -0.39 is 5.97 Å². The van der Waals surface area contributed by atoms with Crippen molar-refractivity contribution in [2.45, 2.75) is 0 Å². The summed E-state index contributed by atoms with van der Waals surface area (Å²) in [6.07, 6.45) is 3.06. The molecule has 0 radical (unpaired) electrons. The summed E-state index contributed by atoms with van der Waals surface area (Å²) in [7, 11) is 2.94. The van der Waals surface area contributed by atoms with Crippen LogP contribution >= 0.6 is 15.9 Å². The summed E-state index contributed by atoms with van der Waals surface area (Å²) in [6, 6.07) is 19.1. The Bertz CT molecular complexity index is 1060. The number of rotatable bonds is 7. The van der Waals surface area contributed by atoms with Crippen molar-refractivity contribution in [3.05, 3.63) is 94.0 Å². The molecule has 0 aliphatic rings. The first-order valence-electron chi connectivity index (χ1n) is 9.03. The molecule has 0 N–H and O–H groups in total. The van der Waals surface area contributed by atoms with Gasteiger partial charge in [-0.05, 0) is 54.6 Å². The van der Waals surface area contributed by atoms with Gasteiger partial charge in [-0.2, -0.15) is 0 Å². The third kappa shape index (κ3) is 4.96. The minimum atomic E-state index is -0.621. The first kappa shape index (κ1) is 21.3. The molecule has 0 aliphatic heterocycles. The van der Waals surface area contributed by atoms with Crippen molar-refractivity contribution >= 4 is 33.8 Å². The van der Waals surface area contributed by atoms with Gasteiger partial charge in [0.25, 0.3) is 0 Å². The zero-order valence-corrected chi connectivity index (χ0v) is 18.0. The summed E-state index contributed by atoms with van der Waals surface area (Å²) >= 11 is 3.35. The van der Waals surface area contributed by atoms with E-state index >= 15 is 0 Å². The molecule has 0 saturated heterocycles. The monoisotopic (exact) mass is 466 g/mol. The smallest absolute Gasteiger partial charge is 0.351 e. The number of hydrogen-bond acceptors (Lipinski definition) is 5. The molecule has 0 amide bonds. The normalized spacial score (nSPS) is 10.6. The van der Waals surface area contributed by atoms with E-state index in [0.717, 1.165) is 4.47 Å². The Morgan fingerprint density at radius 1 is 0.800 bits per heavy atom. The zero-order valence-electron chi connectivity index (χ0n) is 16.4. The molecule has 5 nitrogen and oxygen atoms in total. The zero-order chi connectivity index (χ0) is 21.5. The summed E-state index contributed by atoms with van der Waals surface area (Å²) in [6.45, 7) is 0. The van der Waals surface area contributed by atoms with Gasteiger partial charge in [0, 0.05) is 15.6 Å². The molecule has 0 unspecified atom stereocenters. The topological polar surface area (TPSA) is 61.8 Å². The molecule has 0 heterocycles. The fourth-order valence-electron chi connectivity index (χ4n) is 2.79. The van der Waals surface area contributed by atoms with Gasteiger partial charge in [0.2, 0.25) is 0 Å². The second kappa shape index (κ2) is 9.89. The van der Waals surface area contributed by atoms with Crippen LogP contribution in [0.1, 0.15) is 26.3 Å². The Hall–Kier alpha value is -3.38. The van der Waals surface area contributed by atoms with E-state index in [1.807, 2.05) is 0 Å². The lowest BCUT2D eigenvalue weighted by molar-refractivity contribution is 0.0727. The molecule has 3 aromatic rings. The summed E-state index contributed by atoms with van der Waals surface area (Å²) in [5, 5.41) is 0. The number of methoxy groups -OCH3 is 2. The molecule has 0 aromatic heterocycles. The van der Waals surface area contributed by atoms with Gasteiger partial charge < -0.3 is 14.2 Å². The average molecular weight is 467 g/mol. The van der Waals surface area contributed by atoms with E-state index in [4.69, 9.17) is 14.2 Å². The molecule has 0 bridgehead atoms. The van der Waals surface area contributed by atoms with Gasteiger partial charge >= 0.3 is 5.97 Å². The highest BCUT2D eigenvalue weighted by atomic mass is 79.9. The maximum Gasteiger partial charge on any atom is 0.351 e. The van der Waals surface area contributed by atoms with Crippen LogP contribution < -0.4 is 14.2 Å². The lowest BCUT2D eigenvalue weighted by Gasteiger charge is -2.13. The van der Waals surface area contributed by atoms with E-state index in [-0.39, 0.29) is 11.3 Å². The number of benzene rings is 3. The second-order valence-corrected chi connectivity index (χ2v) is 7.09. The quantitative estimate of drug-likeness (QED) is 0.197. The number of ether oxygens (including phenoxy) is 3. The number of carbonyl (C=O) groups is 2. The Balaban J connectivity index is 1.85. The second-order valence-electron chi connectivity index (χ2n) is 6.17. The Morgan fingerprint density at radius 2 is 1.40 bits per heavy atom. The number of hydrogen-bond donors (Lipinski definition) is 0. The van der Waals surface area contributed by atoms with Gasteiger partial charge in [-0.15, -0.1) is 0 Å². The minimum absolute atomic E-state index is 0.157. The molecule has 3 rings (SSSR count). The van der Waals surface area contributed by atoms with Gasteiger partial charge in [-0.3, -0.25) is 4.79 Å². The van der Waals surface area contributed by atoms with Crippen LogP contribution in [0.25, 0.3) is 6.08 Å². The first-order chi connectivity index (χ1) is 14.5. The number of allylic oxidation sites excluding steroid dienone is 1. The van der Waals surface area contributed by atoms with E-state index in [0.29, 0.717) is 28.4 Å². The third-order valence-electron chi connectivity index (χ3n) is 4.30. The number of para-hydroxylation sites is 1. The van der Waals surface area contributed by atoms with E-state index in [2.05, 4.69) is 15.9 Å². The Morgan fingerprint density at radius 3 is 2.03 bits per heavy atom. The third-order valence-corrected chi connectivity index (χ3v) is 4.83. The maximum absolute atomic E-state index is 12.8. The molecule has 0 atom stereocenters. The van der Waals surface area contributed by atoms with Gasteiger partial charge in [-0.25, -0.2) is 4.79 Å². The molecule has 0 spiro atoms. The summed E-state index contributed by atoms with van der Waals surface area (Å²) in [5.74, 6) is 0.227. The van der Waals surface area contributed by atoms with E-state index in [9.17, 15) is 9.59 Å². The summed E-state index contributed by atoms with van der Waals surface area (Å²) in [4.78, 5) is 25.2. The maximum atomic E-state index is 12.8. The number of ketones is 1.